The Balaban J connectivity index is 0.000000239. The molecule has 0 saturated carbocycles. The molecule has 0 bridgehead atoms. The molecule has 0 atom stereocenters. The first-order valence-electron chi connectivity index (χ1n) is 6.94. The Hall–Kier alpha value is -1.47. The van der Waals surface area contributed by atoms with Crippen molar-refractivity contribution in [3.05, 3.63) is 12.3 Å². The molecule has 0 aromatic carbocycles. The van der Waals surface area contributed by atoms with Crippen LogP contribution in [0.1, 0.15) is 26.7 Å². The van der Waals surface area contributed by atoms with Gasteiger partial charge in [-0.05, 0) is 25.9 Å². The Kier molecular flexibility index (Phi) is 7.17. The number of nitrogens with two attached hydrogens (primary N) is 1. The summed E-state index contributed by atoms with van der Waals surface area (Å²) < 4.78 is 1.54. The van der Waals surface area contributed by atoms with E-state index in [0.29, 0.717) is 22.2 Å². The van der Waals surface area contributed by atoms with Crippen LogP contribution in [-0.2, 0) is 0 Å². The fourth-order valence-electron chi connectivity index (χ4n) is 1.73. The first kappa shape index (κ1) is 16.6. The second kappa shape index (κ2) is 8.65. The minimum Gasteiger partial charge on any atom is -0.383 e. The molecule has 0 aliphatic carbocycles. The molecule has 0 amide bonds. The van der Waals surface area contributed by atoms with Gasteiger partial charge in [-0.25, -0.2) is 4.98 Å². The van der Waals surface area contributed by atoms with Gasteiger partial charge in [0.1, 0.15) is 11.6 Å². The molecule has 2 aromatic heterocycles. The van der Waals surface area contributed by atoms with Crippen molar-refractivity contribution in [2.45, 2.75) is 31.6 Å². The van der Waals surface area contributed by atoms with E-state index in [0.717, 1.165) is 0 Å². The van der Waals surface area contributed by atoms with Crippen molar-refractivity contribution in [2.75, 3.05) is 31.2 Å². The second-order valence-corrected chi connectivity index (χ2v) is 4.52. The van der Waals surface area contributed by atoms with Gasteiger partial charge in [-0.3, -0.25) is 0 Å². The van der Waals surface area contributed by atoms with E-state index in [2.05, 4.69) is 33.3 Å². The first-order chi connectivity index (χ1) is 9.72. The molecular formula is C13H24N6S. The zero-order valence-electron chi connectivity index (χ0n) is 12.3. The normalized spacial score (nSPS) is 13.2. The van der Waals surface area contributed by atoms with Gasteiger partial charge in [0.15, 0.2) is 5.65 Å². The molecule has 7 heteroatoms. The number of nitrogens with zero attached hydrogens (tertiary/aromatic N) is 3. The second-order valence-electron chi connectivity index (χ2n) is 4.04. The van der Waals surface area contributed by atoms with Gasteiger partial charge in [0.05, 0.1) is 11.1 Å². The van der Waals surface area contributed by atoms with Gasteiger partial charge in [0.25, 0.3) is 0 Å². The van der Waals surface area contributed by atoms with Gasteiger partial charge in [-0.2, -0.15) is 9.61 Å². The Morgan fingerprint density at radius 1 is 1.35 bits per heavy atom. The number of anilines is 2. The Labute approximate surface area is 125 Å². The van der Waals surface area contributed by atoms with Crippen molar-refractivity contribution in [3.8, 4) is 0 Å². The summed E-state index contributed by atoms with van der Waals surface area (Å²) in [7, 11) is 1.78. The number of thiol groups is 1. The van der Waals surface area contributed by atoms with Crippen LogP contribution in [0, 0.1) is 0 Å². The molecule has 0 spiro atoms. The Bertz CT molecular complexity index is 513. The van der Waals surface area contributed by atoms with Crippen LogP contribution in [0.5, 0.6) is 0 Å². The number of rotatable bonds is 1. The van der Waals surface area contributed by atoms with Gasteiger partial charge < -0.3 is 16.4 Å². The Morgan fingerprint density at radius 2 is 2.00 bits per heavy atom. The molecule has 3 heterocycles. The summed E-state index contributed by atoms with van der Waals surface area (Å²) >= 11 is 4.21. The average Bonchev–Trinajstić information content (AvgIpc) is 3.15. The van der Waals surface area contributed by atoms with Gasteiger partial charge in [-0.15, -0.1) is 12.6 Å². The molecule has 20 heavy (non-hydrogen) atoms. The van der Waals surface area contributed by atoms with Gasteiger partial charge in [-0.1, -0.05) is 13.8 Å². The molecule has 0 radical (unpaired) electrons. The van der Waals surface area contributed by atoms with E-state index < -0.39 is 0 Å². The van der Waals surface area contributed by atoms with E-state index in [1.165, 1.54) is 25.9 Å². The van der Waals surface area contributed by atoms with E-state index in [9.17, 15) is 0 Å². The third-order valence-electron chi connectivity index (χ3n) is 2.69. The fraction of sp³-hybridized carbons (Fsp3) is 0.538. The Morgan fingerprint density at radius 3 is 2.50 bits per heavy atom. The molecule has 4 N–H and O–H groups in total. The predicted octanol–water partition coefficient (Wildman–Crippen LogP) is 2.04. The van der Waals surface area contributed by atoms with E-state index in [-0.39, 0.29) is 0 Å². The lowest BCUT2D eigenvalue weighted by molar-refractivity contribution is 0.857. The summed E-state index contributed by atoms with van der Waals surface area (Å²) in [5, 5.41) is 10.2. The van der Waals surface area contributed by atoms with E-state index >= 15 is 0 Å². The molecular weight excluding hydrogens is 272 g/mol. The van der Waals surface area contributed by atoms with Crippen LogP contribution in [0.15, 0.2) is 17.2 Å². The summed E-state index contributed by atoms with van der Waals surface area (Å²) in [5.41, 5.74) is 6.39. The summed E-state index contributed by atoms with van der Waals surface area (Å²) in [6, 6.07) is 1.72. The summed E-state index contributed by atoms with van der Waals surface area (Å²) in [6.07, 6.45) is 4.39. The zero-order chi connectivity index (χ0) is 15.0. The monoisotopic (exact) mass is 296 g/mol. The number of hydrogen-bond acceptors (Lipinski definition) is 6. The number of nitrogen functional groups attached to an aromatic ring is 1. The van der Waals surface area contributed by atoms with Crippen molar-refractivity contribution in [1.29, 1.82) is 0 Å². The molecule has 1 aliphatic heterocycles. The maximum absolute atomic E-state index is 5.73. The molecule has 6 nitrogen and oxygen atoms in total. The molecule has 0 unspecified atom stereocenters. The predicted molar refractivity (Wildman–Crippen MR) is 87.6 cm³/mol. The third-order valence-corrected chi connectivity index (χ3v) is 3.01. The molecule has 1 aliphatic rings. The highest BCUT2D eigenvalue weighted by molar-refractivity contribution is 7.80. The maximum Gasteiger partial charge on any atom is 0.172 e. The van der Waals surface area contributed by atoms with Gasteiger partial charge in [0, 0.05) is 13.1 Å². The van der Waals surface area contributed by atoms with Crippen LogP contribution < -0.4 is 16.4 Å². The number of fused-ring (bicyclic) bond motifs is 1. The van der Waals surface area contributed by atoms with Crippen LogP contribution in [0.4, 0.5) is 11.6 Å². The average molecular weight is 296 g/mol. The van der Waals surface area contributed by atoms with Crippen molar-refractivity contribution in [2.24, 2.45) is 0 Å². The minimum absolute atomic E-state index is 0.537. The molecule has 2 aromatic rings. The van der Waals surface area contributed by atoms with E-state index in [4.69, 9.17) is 5.73 Å². The zero-order valence-corrected chi connectivity index (χ0v) is 13.2. The minimum atomic E-state index is 0.537. The molecule has 112 valence electrons. The third kappa shape index (κ3) is 4.28. The molecule has 3 rings (SSSR count). The number of aromatic nitrogens is 3. The maximum atomic E-state index is 5.73. The number of hydrogen-bond donors (Lipinski definition) is 4. The molecule has 1 saturated heterocycles. The molecule has 1 fully saturated rings. The fourth-order valence-corrected chi connectivity index (χ4v) is 1.92. The van der Waals surface area contributed by atoms with Crippen molar-refractivity contribution < 1.29 is 0 Å². The van der Waals surface area contributed by atoms with E-state index in [1.807, 2.05) is 13.8 Å². The van der Waals surface area contributed by atoms with Gasteiger partial charge >= 0.3 is 0 Å². The van der Waals surface area contributed by atoms with Crippen molar-refractivity contribution >= 4 is 29.9 Å². The lowest BCUT2D eigenvalue weighted by Gasteiger charge is -2.02. The summed E-state index contributed by atoms with van der Waals surface area (Å²) in [4.78, 5) is 4.96. The number of nitrogens with one attached hydrogen (secondary N) is 2. The first-order valence-corrected chi connectivity index (χ1v) is 7.39. The quantitative estimate of drug-likeness (QED) is 0.606. The summed E-state index contributed by atoms with van der Waals surface area (Å²) in [6.45, 7) is 6.50. The van der Waals surface area contributed by atoms with Gasteiger partial charge in [0.2, 0.25) is 0 Å². The lowest BCUT2D eigenvalue weighted by Crippen LogP contribution is -2.03. The van der Waals surface area contributed by atoms with Crippen LogP contribution >= 0.6 is 12.6 Å². The highest BCUT2D eigenvalue weighted by Crippen LogP contribution is 2.18. The van der Waals surface area contributed by atoms with Crippen LogP contribution in [-0.4, -0.2) is 34.7 Å². The highest BCUT2D eigenvalue weighted by atomic mass is 32.1. The summed E-state index contributed by atoms with van der Waals surface area (Å²) in [5.74, 6) is 1.25. The van der Waals surface area contributed by atoms with Crippen molar-refractivity contribution in [1.82, 2.24) is 19.9 Å². The SMILES string of the molecule is C1CCNC1.CC.CNc1cc(N)n2ncc(S)c2n1. The lowest BCUT2D eigenvalue weighted by atomic mass is 10.4. The topological polar surface area (TPSA) is 80.3 Å². The van der Waals surface area contributed by atoms with Crippen LogP contribution in [0.3, 0.4) is 0 Å². The highest BCUT2D eigenvalue weighted by Gasteiger charge is 2.05. The van der Waals surface area contributed by atoms with Crippen LogP contribution in [0.25, 0.3) is 5.65 Å². The van der Waals surface area contributed by atoms with E-state index in [1.54, 1.807) is 23.8 Å². The standard InChI is InChI=1S/C7H9N5S.C4H9N.C2H6/c1-9-6-2-5(8)12-7(11-6)4(13)3-10-12;1-2-4-5-3-1;1-2/h2-3,13H,8H2,1H3,(H,9,11);5H,1-4H2;1-2H3. The van der Waals surface area contributed by atoms with Crippen LogP contribution in [0.2, 0.25) is 0 Å². The largest absolute Gasteiger partial charge is 0.383 e. The van der Waals surface area contributed by atoms with Crippen molar-refractivity contribution in [3.63, 3.8) is 0 Å². The smallest absolute Gasteiger partial charge is 0.172 e.